The minimum atomic E-state index is -4.76. The van der Waals surface area contributed by atoms with E-state index in [1.807, 2.05) is 0 Å². The Bertz CT molecular complexity index is 374. The van der Waals surface area contributed by atoms with Crippen molar-refractivity contribution in [2.45, 2.75) is 13.0 Å². The van der Waals surface area contributed by atoms with Crippen LogP contribution in [0.2, 0.25) is 0 Å². The number of alkyl halides is 3. The first kappa shape index (κ1) is 12.5. The molecule has 1 aromatic carbocycles. The molecule has 0 saturated carbocycles. The third-order valence-electron chi connectivity index (χ3n) is 1.78. The molecule has 0 unspecified atom stereocenters. The molecule has 0 radical (unpaired) electrons. The molecule has 0 heterocycles. The van der Waals surface area contributed by atoms with E-state index < -0.39 is 12.1 Å². The number of hydrogen-bond acceptors (Lipinski definition) is 3. The lowest BCUT2D eigenvalue weighted by molar-refractivity contribution is -0.274. The van der Waals surface area contributed by atoms with E-state index in [-0.39, 0.29) is 12.2 Å². The van der Waals surface area contributed by atoms with E-state index in [1.165, 1.54) is 13.2 Å². The van der Waals surface area contributed by atoms with Crippen LogP contribution in [0.25, 0.3) is 0 Å². The van der Waals surface area contributed by atoms with Gasteiger partial charge in [0.15, 0.2) is 6.29 Å². The zero-order valence-electron chi connectivity index (χ0n) is 8.38. The highest BCUT2D eigenvalue weighted by Crippen LogP contribution is 2.24. The van der Waals surface area contributed by atoms with Crippen molar-refractivity contribution in [2.75, 3.05) is 7.11 Å². The van der Waals surface area contributed by atoms with Crippen molar-refractivity contribution in [3.63, 3.8) is 0 Å². The fourth-order valence-electron chi connectivity index (χ4n) is 1.17. The average molecular weight is 234 g/mol. The summed E-state index contributed by atoms with van der Waals surface area (Å²) in [5.41, 5.74) is 0.621. The Morgan fingerprint density at radius 1 is 1.38 bits per heavy atom. The minimum Gasteiger partial charge on any atom is -0.406 e. The molecule has 0 spiro atoms. The molecule has 0 aliphatic rings. The topological polar surface area (TPSA) is 35.5 Å². The van der Waals surface area contributed by atoms with Gasteiger partial charge in [0, 0.05) is 12.7 Å². The molecule has 1 rings (SSSR count). The molecule has 16 heavy (non-hydrogen) atoms. The van der Waals surface area contributed by atoms with E-state index in [4.69, 9.17) is 4.74 Å². The second-order valence-electron chi connectivity index (χ2n) is 2.96. The van der Waals surface area contributed by atoms with Crippen molar-refractivity contribution >= 4 is 6.29 Å². The second kappa shape index (κ2) is 4.98. The van der Waals surface area contributed by atoms with Gasteiger partial charge in [0.25, 0.3) is 0 Å². The van der Waals surface area contributed by atoms with Gasteiger partial charge in [0.1, 0.15) is 5.75 Å². The summed E-state index contributed by atoms with van der Waals surface area (Å²) >= 11 is 0. The van der Waals surface area contributed by atoms with Gasteiger partial charge >= 0.3 is 6.36 Å². The molecule has 0 bridgehead atoms. The summed E-state index contributed by atoms with van der Waals surface area (Å²) in [6.07, 6.45) is -4.31. The lowest BCUT2D eigenvalue weighted by Crippen LogP contribution is -2.17. The number of aldehydes is 1. The Morgan fingerprint density at radius 2 is 2.06 bits per heavy atom. The summed E-state index contributed by atoms with van der Waals surface area (Å²) in [4.78, 5) is 10.6. The SMILES string of the molecule is COCc1ccc(OC(F)(F)F)cc1C=O. The molecular weight excluding hydrogens is 225 g/mol. The van der Waals surface area contributed by atoms with Gasteiger partial charge in [-0.2, -0.15) is 0 Å². The smallest absolute Gasteiger partial charge is 0.406 e. The quantitative estimate of drug-likeness (QED) is 0.751. The molecule has 0 atom stereocenters. The summed E-state index contributed by atoms with van der Waals surface area (Å²) < 4.78 is 44.1. The molecule has 0 fully saturated rings. The molecular formula is C10H9F3O3. The maximum atomic E-state index is 11.9. The van der Waals surface area contributed by atoms with Crippen LogP contribution in [0.5, 0.6) is 5.75 Å². The monoisotopic (exact) mass is 234 g/mol. The van der Waals surface area contributed by atoms with Gasteiger partial charge in [-0.1, -0.05) is 6.07 Å². The summed E-state index contributed by atoms with van der Waals surface area (Å²) in [5, 5.41) is 0. The highest BCUT2D eigenvalue weighted by atomic mass is 19.4. The molecule has 0 amide bonds. The highest BCUT2D eigenvalue weighted by Gasteiger charge is 2.31. The lowest BCUT2D eigenvalue weighted by atomic mass is 10.1. The van der Waals surface area contributed by atoms with Crippen molar-refractivity contribution in [1.82, 2.24) is 0 Å². The van der Waals surface area contributed by atoms with Gasteiger partial charge in [0.2, 0.25) is 0 Å². The molecule has 6 heteroatoms. The molecule has 3 nitrogen and oxygen atoms in total. The number of ether oxygens (including phenoxy) is 2. The standard InChI is InChI=1S/C10H9F3O3/c1-15-6-7-2-3-9(4-8(7)5-14)16-10(11,12)13/h2-5H,6H2,1H3. The molecule has 88 valence electrons. The molecule has 0 N–H and O–H groups in total. The van der Waals surface area contributed by atoms with Crippen LogP contribution in [-0.4, -0.2) is 19.8 Å². The van der Waals surface area contributed by atoms with E-state index in [9.17, 15) is 18.0 Å². The largest absolute Gasteiger partial charge is 0.573 e. The third-order valence-corrected chi connectivity index (χ3v) is 1.78. The van der Waals surface area contributed by atoms with E-state index in [2.05, 4.69) is 4.74 Å². The van der Waals surface area contributed by atoms with E-state index in [1.54, 1.807) is 0 Å². The summed E-state index contributed by atoms with van der Waals surface area (Å²) in [5.74, 6) is -0.422. The van der Waals surface area contributed by atoms with Crippen molar-refractivity contribution < 1.29 is 27.4 Å². The fourth-order valence-corrected chi connectivity index (χ4v) is 1.17. The van der Waals surface area contributed by atoms with Gasteiger partial charge < -0.3 is 9.47 Å². The molecule has 0 aliphatic carbocycles. The number of methoxy groups -OCH3 is 1. The first-order valence-electron chi connectivity index (χ1n) is 4.29. The van der Waals surface area contributed by atoms with E-state index in [0.29, 0.717) is 11.8 Å². The van der Waals surface area contributed by atoms with Gasteiger partial charge in [0.05, 0.1) is 6.61 Å². The van der Waals surface area contributed by atoms with Crippen molar-refractivity contribution in [1.29, 1.82) is 0 Å². The average Bonchev–Trinajstić information content (AvgIpc) is 2.18. The van der Waals surface area contributed by atoms with Gasteiger partial charge in [-0.15, -0.1) is 13.2 Å². The Morgan fingerprint density at radius 3 is 2.56 bits per heavy atom. The van der Waals surface area contributed by atoms with Crippen LogP contribution in [0.4, 0.5) is 13.2 Å². The Hall–Kier alpha value is -1.56. The highest BCUT2D eigenvalue weighted by molar-refractivity contribution is 5.78. The van der Waals surface area contributed by atoms with Crippen LogP contribution >= 0.6 is 0 Å². The molecule has 0 aliphatic heterocycles. The van der Waals surface area contributed by atoms with Crippen LogP contribution in [0.1, 0.15) is 15.9 Å². The maximum Gasteiger partial charge on any atom is 0.573 e. The van der Waals surface area contributed by atoms with Crippen LogP contribution in [0.15, 0.2) is 18.2 Å². The number of halogens is 3. The van der Waals surface area contributed by atoms with Crippen LogP contribution < -0.4 is 4.74 Å². The van der Waals surface area contributed by atoms with Crippen molar-refractivity contribution in [2.24, 2.45) is 0 Å². The zero-order valence-corrected chi connectivity index (χ0v) is 8.38. The summed E-state index contributed by atoms with van der Waals surface area (Å²) in [6.45, 7) is 0.153. The normalized spacial score (nSPS) is 11.2. The second-order valence-corrected chi connectivity index (χ2v) is 2.96. The molecule has 0 aromatic heterocycles. The predicted octanol–water partition coefficient (Wildman–Crippen LogP) is 2.54. The summed E-state index contributed by atoms with van der Waals surface area (Å²) in [6, 6.07) is 3.51. The number of carbonyl (C=O) groups is 1. The van der Waals surface area contributed by atoms with Crippen molar-refractivity contribution in [3.8, 4) is 5.75 Å². The Balaban J connectivity index is 2.95. The number of rotatable bonds is 4. The van der Waals surface area contributed by atoms with Crippen molar-refractivity contribution in [3.05, 3.63) is 29.3 Å². The van der Waals surface area contributed by atoms with E-state index >= 15 is 0 Å². The van der Waals surface area contributed by atoms with Gasteiger partial charge in [-0.05, 0) is 17.7 Å². The zero-order chi connectivity index (χ0) is 12.2. The van der Waals surface area contributed by atoms with Gasteiger partial charge in [-0.25, -0.2) is 0 Å². The number of carbonyl (C=O) groups excluding carboxylic acids is 1. The van der Waals surface area contributed by atoms with Crippen LogP contribution in [0, 0.1) is 0 Å². The van der Waals surface area contributed by atoms with Crippen LogP contribution in [-0.2, 0) is 11.3 Å². The van der Waals surface area contributed by atoms with E-state index in [0.717, 1.165) is 12.1 Å². The number of benzene rings is 1. The third kappa shape index (κ3) is 3.54. The van der Waals surface area contributed by atoms with Crippen LogP contribution in [0.3, 0.4) is 0 Å². The minimum absolute atomic E-state index is 0.114. The lowest BCUT2D eigenvalue weighted by Gasteiger charge is -2.10. The maximum absolute atomic E-state index is 11.9. The number of hydrogen-bond donors (Lipinski definition) is 0. The first-order valence-corrected chi connectivity index (χ1v) is 4.29. The first-order chi connectivity index (χ1) is 7.46. The Labute approximate surface area is 89.8 Å². The fraction of sp³-hybridized carbons (Fsp3) is 0.300. The predicted molar refractivity (Wildman–Crippen MR) is 49.2 cm³/mol. The van der Waals surface area contributed by atoms with Gasteiger partial charge in [-0.3, -0.25) is 4.79 Å². The summed E-state index contributed by atoms with van der Waals surface area (Å²) in [7, 11) is 1.43. The Kier molecular flexibility index (Phi) is 3.89. The molecule has 0 saturated heterocycles. The molecule has 1 aromatic rings.